The molecule has 1 aliphatic heterocycles. The molecule has 0 radical (unpaired) electrons. The lowest BCUT2D eigenvalue weighted by molar-refractivity contribution is -0.0174. The molecule has 0 spiro atoms. The Labute approximate surface area is 133 Å². The van der Waals surface area contributed by atoms with E-state index in [1.807, 2.05) is 0 Å². The van der Waals surface area contributed by atoms with Gasteiger partial charge < -0.3 is 20.7 Å². The number of morpholine rings is 1. The second-order valence-corrected chi connectivity index (χ2v) is 6.76. The van der Waals surface area contributed by atoms with Crippen molar-refractivity contribution < 1.29 is 4.74 Å². The molecule has 22 heavy (non-hydrogen) atoms. The van der Waals surface area contributed by atoms with Gasteiger partial charge in [-0.3, -0.25) is 0 Å². The molecule has 5 heteroatoms. The molecule has 0 bridgehead atoms. The van der Waals surface area contributed by atoms with E-state index < -0.39 is 0 Å². The second-order valence-electron chi connectivity index (χ2n) is 6.76. The van der Waals surface area contributed by atoms with Crippen molar-refractivity contribution in [2.45, 2.75) is 64.3 Å². The summed E-state index contributed by atoms with van der Waals surface area (Å²) < 4.78 is 5.93. The summed E-state index contributed by atoms with van der Waals surface area (Å²) >= 11 is 0. The van der Waals surface area contributed by atoms with Crippen LogP contribution in [-0.2, 0) is 4.74 Å². The van der Waals surface area contributed by atoms with Crippen molar-refractivity contribution >= 4 is 11.5 Å². The van der Waals surface area contributed by atoms with Gasteiger partial charge in [0.1, 0.15) is 5.82 Å². The smallest absolute Gasteiger partial charge is 0.129 e. The summed E-state index contributed by atoms with van der Waals surface area (Å²) in [5, 5.41) is 3.55. The van der Waals surface area contributed by atoms with Crippen LogP contribution >= 0.6 is 0 Å². The highest BCUT2D eigenvalue weighted by Gasteiger charge is 2.27. The Morgan fingerprint density at radius 1 is 1.36 bits per heavy atom. The van der Waals surface area contributed by atoms with Crippen LogP contribution in [-0.4, -0.2) is 42.4 Å². The number of aromatic nitrogens is 1. The average molecular weight is 304 g/mol. The van der Waals surface area contributed by atoms with Crippen LogP contribution in [0.5, 0.6) is 0 Å². The number of anilines is 2. The summed E-state index contributed by atoms with van der Waals surface area (Å²) in [6.45, 7) is 8.23. The number of nitrogens with zero attached hydrogens (tertiary/aromatic N) is 2. The molecule has 2 atom stereocenters. The number of pyridine rings is 1. The van der Waals surface area contributed by atoms with Gasteiger partial charge in [-0.25, -0.2) is 4.98 Å². The van der Waals surface area contributed by atoms with Crippen molar-refractivity contribution in [3.05, 3.63) is 17.8 Å². The molecule has 0 amide bonds. The van der Waals surface area contributed by atoms with Crippen molar-refractivity contribution in [1.82, 2.24) is 4.98 Å². The van der Waals surface area contributed by atoms with Crippen molar-refractivity contribution in [2.75, 3.05) is 23.3 Å². The maximum Gasteiger partial charge on any atom is 0.129 e. The van der Waals surface area contributed by atoms with E-state index in [9.17, 15) is 0 Å². The summed E-state index contributed by atoms with van der Waals surface area (Å²) in [5.74, 6) is 1.06. The molecule has 3 N–H and O–H groups in total. The molecule has 0 aromatic carbocycles. The Kier molecular flexibility index (Phi) is 4.54. The van der Waals surface area contributed by atoms with Crippen LogP contribution in [0.25, 0.3) is 0 Å². The van der Waals surface area contributed by atoms with Gasteiger partial charge in [0, 0.05) is 25.2 Å². The zero-order chi connectivity index (χ0) is 15.7. The summed E-state index contributed by atoms with van der Waals surface area (Å²) in [5.41, 5.74) is 8.04. The predicted octanol–water partition coefficient (Wildman–Crippen LogP) is 2.30. The van der Waals surface area contributed by atoms with Crippen LogP contribution in [0.2, 0.25) is 0 Å². The molecule has 2 aliphatic rings. The number of ether oxygens (including phenoxy) is 1. The summed E-state index contributed by atoms with van der Waals surface area (Å²) in [4.78, 5) is 7.15. The van der Waals surface area contributed by atoms with Crippen LogP contribution in [0, 0.1) is 6.92 Å². The maximum atomic E-state index is 5.93. The number of hydrogen-bond donors (Lipinski definition) is 2. The Hall–Kier alpha value is -1.33. The standard InChI is InChI=1S/C17H28N4O/c1-4-15-10-21(9-11(2)22-15)17-6-5-16(12(3)19-17)20-14-7-13(18)8-14/h5-6,11,13-15,20H,4,7-10,18H2,1-3H3. The minimum atomic E-state index is 0.259. The van der Waals surface area contributed by atoms with Crippen molar-refractivity contribution in [3.8, 4) is 0 Å². The zero-order valence-electron chi connectivity index (χ0n) is 13.9. The quantitative estimate of drug-likeness (QED) is 0.893. The molecule has 1 saturated heterocycles. The lowest BCUT2D eigenvalue weighted by Gasteiger charge is -2.37. The molecule has 3 rings (SSSR count). The van der Waals surface area contributed by atoms with Crippen LogP contribution < -0.4 is 16.0 Å². The van der Waals surface area contributed by atoms with Gasteiger partial charge in [0.25, 0.3) is 0 Å². The first kappa shape index (κ1) is 15.6. The minimum Gasteiger partial charge on any atom is -0.381 e. The molecule has 1 aromatic rings. The Morgan fingerprint density at radius 2 is 2.14 bits per heavy atom. The minimum absolute atomic E-state index is 0.259. The highest BCUT2D eigenvalue weighted by atomic mass is 16.5. The molecule has 2 unspecified atom stereocenters. The van der Waals surface area contributed by atoms with E-state index >= 15 is 0 Å². The fraction of sp³-hybridized carbons (Fsp3) is 0.706. The topological polar surface area (TPSA) is 63.4 Å². The van der Waals surface area contributed by atoms with Crippen LogP contribution in [0.15, 0.2) is 12.1 Å². The molecule has 1 saturated carbocycles. The SMILES string of the molecule is CCC1CN(c2ccc(NC3CC(N)C3)c(C)n2)CC(C)O1. The third kappa shape index (κ3) is 3.36. The largest absolute Gasteiger partial charge is 0.381 e. The molecule has 2 fully saturated rings. The number of rotatable bonds is 4. The second kappa shape index (κ2) is 6.42. The lowest BCUT2D eigenvalue weighted by atomic mass is 9.87. The number of nitrogens with one attached hydrogen (secondary N) is 1. The third-order valence-electron chi connectivity index (χ3n) is 4.71. The first-order valence-corrected chi connectivity index (χ1v) is 8.45. The Morgan fingerprint density at radius 3 is 2.77 bits per heavy atom. The van der Waals surface area contributed by atoms with E-state index in [-0.39, 0.29) is 6.10 Å². The van der Waals surface area contributed by atoms with E-state index in [0.29, 0.717) is 18.2 Å². The fourth-order valence-electron chi connectivity index (χ4n) is 3.33. The van der Waals surface area contributed by atoms with Gasteiger partial charge in [0.05, 0.1) is 23.6 Å². The van der Waals surface area contributed by atoms with E-state index in [0.717, 1.165) is 49.6 Å². The molecular formula is C17H28N4O. The highest BCUT2D eigenvalue weighted by molar-refractivity contribution is 5.54. The first-order chi connectivity index (χ1) is 10.5. The van der Waals surface area contributed by atoms with Crippen LogP contribution in [0.4, 0.5) is 11.5 Å². The molecule has 2 heterocycles. The normalized spacial score (nSPS) is 31.7. The highest BCUT2D eigenvalue weighted by Crippen LogP contribution is 2.27. The van der Waals surface area contributed by atoms with E-state index in [2.05, 4.69) is 43.1 Å². The van der Waals surface area contributed by atoms with Gasteiger partial charge in [-0.15, -0.1) is 0 Å². The van der Waals surface area contributed by atoms with Crippen LogP contribution in [0.3, 0.4) is 0 Å². The Bertz CT molecular complexity index is 515. The van der Waals surface area contributed by atoms with Gasteiger partial charge in [0.2, 0.25) is 0 Å². The zero-order valence-corrected chi connectivity index (χ0v) is 13.9. The first-order valence-electron chi connectivity index (χ1n) is 8.45. The van der Waals surface area contributed by atoms with Crippen molar-refractivity contribution in [1.29, 1.82) is 0 Å². The van der Waals surface area contributed by atoms with E-state index in [1.165, 1.54) is 0 Å². The molecule has 5 nitrogen and oxygen atoms in total. The van der Waals surface area contributed by atoms with Gasteiger partial charge in [-0.05, 0) is 45.2 Å². The fourth-order valence-corrected chi connectivity index (χ4v) is 3.33. The van der Waals surface area contributed by atoms with Gasteiger partial charge >= 0.3 is 0 Å². The Balaban J connectivity index is 1.68. The third-order valence-corrected chi connectivity index (χ3v) is 4.71. The predicted molar refractivity (Wildman–Crippen MR) is 90.4 cm³/mol. The number of hydrogen-bond acceptors (Lipinski definition) is 5. The van der Waals surface area contributed by atoms with Crippen molar-refractivity contribution in [2.24, 2.45) is 5.73 Å². The summed E-state index contributed by atoms with van der Waals surface area (Å²) in [6, 6.07) is 5.15. The molecule has 1 aromatic heterocycles. The number of aryl methyl sites for hydroxylation is 1. The van der Waals surface area contributed by atoms with Crippen molar-refractivity contribution in [3.63, 3.8) is 0 Å². The average Bonchev–Trinajstić information content (AvgIpc) is 2.46. The van der Waals surface area contributed by atoms with E-state index in [1.54, 1.807) is 0 Å². The van der Waals surface area contributed by atoms with Gasteiger partial charge in [-0.1, -0.05) is 6.92 Å². The van der Waals surface area contributed by atoms with E-state index in [4.69, 9.17) is 15.5 Å². The van der Waals surface area contributed by atoms with Gasteiger partial charge in [0.15, 0.2) is 0 Å². The summed E-state index contributed by atoms with van der Waals surface area (Å²) in [6.07, 6.45) is 3.72. The lowest BCUT2D eigenvalue weighted by Crippen LogP contribution is -2.47. The van der Waals surface area contributed by atoms with Crippen LogP contribution in [0.1, 0.15) is 38.8 Å². The number of nitrogens with two attached hydrogens (primary N) is 1. The summed E-state index contributed by atoms with van der Waals surface area (Å²) in [7, 11) is 0. The maximum absolute atomic E-state index is 5.93. The van der Waals surface area contributed by atoms with Gasteiger partial charge in [-0.2, -0.15) is 0 Å². The molecular weight excluding hydrogens is 276 g/mol. The monoisotopic (exact) mass is 304 g/mol. The molecule has 1 aliphatic carbocycles. The molecule has 122 valence electrons.